The van der Waals surface area contributed by atoms with Crippen LogP contribution in [0.2, 0.25) is 0 Å². The minimum atomic E-state index is -0.544. The van der Waals surface area contributed by atoms with Gasteiger partial charge in [0.1, 0.15) is 5.82 Å². The van der Waals surface area contributed by atoms with Crippen molar-refractivity contribution in [2.45, 2.75) is 33.7 Å². The summed E-state index contributed by atoms with van der Waals surface area (Å²) in [5.74, 6) is -1.08. The van der Waals surface area contributed by atoms with E-state index < -0.39 is 11.7 Å². The van der Waals surface area contributed by atoms with Crippen molar-refractivity contribution in [3.8, 4) is 0 Å². The van der Waals surface area contributed by atoms with Gasteiger partial charge in [-0.25, -0.2) is 4.39 Å². The highest BCUT2D eigenvalue weighted by molar-refractivity contribution is 7.16. The molecule has 0 bridgehead atoms. The van der Waals surface area contributed by atoms with Crippen molar-refractivity contribution < 1.29 is 9.18 Å². The largest absolute Gasteiger partial charge is 0.316 e. The number of amides is 1. The maximum atomic E-state index is 13.8. The van der Waals surface area contributed by atoms with Gasteiger partial charge >= 0.3 is 0 Å². The van der Waals surface area contributed by atoms with Gasteiger partial charge in [0, 0.05) is 6.54 Å². The zero-order chi connectivity index (χ0) is 17.3. The van der Waals surface area contributed by atoms with Crippen LogP contribution in [-0.4, -0.2) is 10.5 Å². The molecule has 0 spiro atoms. The molecule has 3 nitrogen and oxygen atoms in total. The molecule has 1 heterocycles. The maximum Gasteiger partial charge on any atom is 0.282 e. The maximum absolute atomic E-state index is 13.8. The van der Waals surface area contributed by atoms with Crippen LogP contribution in [0.3, 0.4) is 0 Å². The second-order valence-corrected chi connectivity index (χ2v) is 6.85. The van der Waals surface area contributed by atoms with Crippen LogP contribution in [0.1, 0.15) is 34.8 Å². The standard InChI is InChI=1S/C19H19FN2OS/c1-4-9-22-16-10-12(2)13(3)11-17(16)24-19(22)21-18(23)14-7-5-6-8-15(14)20/h5-8,10-11H,4,9H2,1-3H3. The van der Waals surface area contributed by atoms with Crippen molar-refractivity contribution in [2.24, 2.45) is 4.99 Å². The minimum absolute atomic E-state index is 0.00497. The Kier molecular flexibility index (Phi) is 4.62. The van der Waals surface area contributed by atoms with Gasteiger partial charge in [0.15, 0.2) is 4.80 Å². The second-order valence-electron chi connectivity index (χ2n) is 5.84. The van der Waals surface area contributed by atoms with Crippen LogP contribution >= 0.6 is 11.3 Å². The normalized spacial score (nSPS) is 12.1. The summed E-state index contributed by atoms with van der Waals surface area (Å²) in [4.78, 5) is 17.2. The predicted octanol–water partition coefficient (Wildman–Crippen LogP) is 4.61. The molecule has 1 amide bonds. The van der Waals surface area contributed by atoms with E-state index in [9.17, 15) is 9.18 Å². The molecule has 124 valence electrons. The molecule has 1 aromatic heterocycles. The summed E-state index contributed by atoms with van der Waals surface area (Å²) in [6.07, 6.45) is 0.930. The lowest BCUT2D eigenvalue weighted by atomic mass is 10.1. The first-order valence-electron chi connectivity index (χ1n) is 7.95. The number of hydrogen-bond donors (Lipinski definition) is 0. The molecule has 24 heavy (non-hydrogen) atoms. The van der Waals surface area contributed by atoms with Crippen molar-refractivity contribution in [2.75, 3.05) is 0 Å². The zero-order valence-electron chi connectivity index (χ0n) is 14.0. The molecule has 0 saturated heterocycles. The fraction of sp³-hybridized carbons (Fsp3) is 0.263. The number of nitrogens with zero attached hydrogens (tertiary/aromatic N) is 2. The van der Waals surface area contributed by atoms with Crippen LogP contribution in [0.25, 0.3) is 10.2 Å². The van der Waals surface area contributed by atoms with E-state index in [1.165, 1.54) is 34.6 Å². The molecular formula is C19H19FN2OS. The molecule has 0 radical (unpaired) electrons. The Balaban J connectivity index is 2.19. The summed E-state index contributed by atoms with van der Waals surface area (Å²) in [7, 11) is 0. The lowest BCUT2D eigenvalue weighted by molar-refractivity contribution is 0.0994. The summed E-state index contributed by atoms with van der Waals surface area (Å²) < 4.78 is 17.0. The van der Waals surface area contributed by atoms with Gasteiger partial charge in [-0.05, 0) is 55.7 Å². The quantitative estimate of drug-likeness (QED) is 0.684. The summed E-state index contributed by atoms with van der Waals surface area (Å²) >= 11 is 1.47. The summed E-state index contributed by atoms with van der Waals surface area (Å²) in [6, 6.07) is 10.2. The van der Waals surface area contributed by atoms with E-state index in [2.05, 4.69) is 37.9 Å². The van der Waals surface area contributed by atoms with Crippen LogP contribution in [0.15, 0.2) is 41.4 Å². The highest BCUT2D eigenvalue weighted by atomic mass is 32.1. The molecule has 5 heteroatoms. The Morgan fingerprint density at radius 2 is 1.92 bits per heavy atom. The van der Waals surface area contributed by atoms with Crippen LogP contribution in [0.4, 0.5) is 4.39 Å². The lowest BCUT2D eigenvalue weighted by Crippen LogP contribution is -2.17. The third-order valence-electron chi connectivity index (χ3n) is 4.05. The van der Waals surface area contributed by atoms with Crippen molar-refractivity contribution in [1.82, 2.24) is 4.57 Å². The van der Waals surface area contributed by atoms with Gasteiger partial charge in [0.2, 0.25) is 0 Å². The fourth-order valence-corrected chi connectivity index (χ4v) is 3.76. The Bertz CT molecular complexity index is 985. The number of hydrogen-bond acceptors (Lipinski definition) is 2. The number of thiazole rings is 1. The SMILES string of the molecule is CCCn1c(=NC(=O)c2ccccc2F)sc2cc(C)c(C)cc21. The van der Waals surface area contributed by atoms with Crippen molar-refractivity contribution >= 4 is 27.5 Å². The van der Waals surface area contributed by atoms with Crippen molar-refractivity contribution in [3.05, 3.63) is 63.7 Å². The van der Waals surface area contributed by atoms with Gasteiger partial charge in [-0.1, -0.05) is 30.4 Å². The number of fused-ring (bicyclic) bond motifs is 1. The van der Waals surface area contributed by atoms with E-state index in [4.69, 9.17) is 0 Å². The van der Waals surface area contributed by atoms with Gasteiger partial charge in [0.05, 0.1) is 15.8 Å². The third-order valence-corrected chi connectivity index (χ3v) is 5.09. The molecular weight excluding hydrogens is 323 g/mol. The highest BCUT2D eigenvalue weighted by Crippen LogP contribution is 2.22. The Morgan fingerprint density at radius 3 is 2.62 bits per heavy atom. The summed E-state index contributed by atoms with van der Waals surface area (Å²) in [6.45, 7) is 7.00. The van der Waals surface area contributed by atoms with Gasteiger partial charge in [-0.2, -0.15) is 4.99 Å². The molecule has 0 aliphatic heterocycles. The Morgan fingerprint density at radius 1 is 1.21 bits per heavy atom. The van der Waals surface area contributed by atoms with Crippen LogP contribution in [0, 0.1) is 19.7 Å². The van der Waals surface area contributed by atoms with Gasteiger partial charge < -0.3 is 4.57 Å². The van der Waals surface area contributed by atoms with E-state index >= 15 is 0 Å². The van der Waals surface area contributed by atoms with Crippen molar-refractivity contribution in [3.63, 3.8) is 0 Å². The first kappa shape index (κ1) is 16.6. The Hall–Kier alpha value is -2.27. The molecule has 0 fully saturated rings. The first-order valence-corrected chi connectivity index (χ1v) is 8.77. The minimum Gasteiger partial charge on any atom is -0.316 e. The molecule has 0 unspecified atom stereocenters. The van der Waals surface area contributed by atoms with Gasteiger partial charge in [-0.15, -0.1) is 0 Å². The Labute approximate surface area is 144 Å². The lowest BCUT2D eigenvalue weighted by Gasteiger charge is -2.05. The van der Waals surface area contributed by atoms with Gasteiger partial charge in [0.25, 0.3) is 5.91 Å². The third kappa shape index (κ3) is 3.04. The number of rotatable bonds is 3. The predicted molar refractivity (Wildman–Crippen MR) is 95.9 cm³/mol. The second kappa shape index (κ2) is 6.69. The van der Waals surface area contributed by atoms with Gasteiger partial charge in [-0.3, -0.25) is 4.79 Å². The molecule has 0 N–H and O–H groups in total. The van der Waals surface area contributed by atoms with Crippen LogP contribution in [0.5, 0.6) is 0 Å². The number of carbonyl (C=O) groups is 1. The van der Waals surface area contributed by atoms with Crippen molar-refractivity contribution in [1.29, 1.82) is 0 Å². The molecule has 2 aromatic carbocycles. The number of aromatic nitrogens is 1. The molecule has 3 rings (SSSR count). The number of aryl methyl sites for hydroxylation is 3. The monoisotopic (exact) mass is 342 g/mol. The van der Waals surface area contributed by atoms with Crippen LogP contribution < -0.4 is 4.80 Å². The molecule has 0 saturated carbocycles. The number of benzene rings is 2. The molecule has 3 aromatic rings. The topological polar surface area (TPSA) is 34.4 Å². The van der Waals surface area contributed by atoms with E-state index in [-0.39, 0.29) is 5.56 Å². The van der Waals surface area contributed by atoms with E-state index in [0.717, 1.165) is 23.2 Å². The summed E-state index contributed by atoms with van der Waals surface area (Å²) in [5, 5.41) is 0. The van der Waals surface area contributed by atoms with Crippen LogP contribution in [-0.2, 0) is 6.54 Å². The number of halogens is 1. The number of carbonyl (C=O) groups excluding carboxylic acids is 1. The average Bonchev–Trinajstić information content (AvgIpc) is 2.85. The summed E-state index contributed by atoms with van der Waals surface area (Å²) in [5.41, 5.74) is 3.49. The molecule has 0 atom stereocenters. The average molecular weight is 342 g/mol. The highest BCUT2D eigenvalue weighted by Gasteiger charge is 2.12. The van der Waals surface area contributed by atoms with E-state index in [0.29, 0.717) is 4.80 Å². The molecule has 0 aliphatic carbocycles. The molecule has 0 aliphatic rings. The van der Waals surface area contributed by atoms with E-state index in [1.54, 1.807) is 12.1 Å². The first-order chi connectivity index (χ1) is 11.5. The van der Waals surface area contributed by atoms with E-state index in [1.807, 2.05) is 4.57 Å². The fourth-order valence-electron chi connectivity index (χ4n) is 2.63. The smallest absolute Gasteiger partial charge is 0.282 e. The zero-order valence-corrected chi connectivity index (χ0v) is 14.8.